The molecule has 5 nitrogen and oxygen atoms in total. The van der Waals surface area contributed by atoms with E-state index in [1.54, 1.807) is 0 Å². The fraction of sp³-hybridized carbons (Fsp3) is 0.500. The third-order valence-corrected chi connectivity index (χ3v) is 4.68. The zero-order valence-electron chi connectivity index (χ0n) is 13.1. The minimum atomic E-state index is -0.221. The lowest BCUT2D eigenvalue weighted by Crippen LogP contribution is -2.39. The van der Waals surface area contributed by atoms with Crippen molar-refractivity contribution in [2.24, 2.45) is 17.6 Å². The lowest BCUT2D eigenvalue weighted by Gasteiger charge is -2.17. The number of carbonyl (C=O) groups is 2. The molecule has 2 amide bonds. The van der Waals surface area contributed by atoms with E-state index in [2.05, 4.69) is 26.6 Å². The summed E-state index contributed by atoms with van der Waals surface area (Å²) in [7, 11) is 0. The van der Waals surface area contributed by atoms with Gasteiger partial charge in [-0.1, -0.05) is 22.4 Å². The molecular weight excluding hydrogens is 382 g/mol. The number of nitrogens with one attached hydrogen (secondary N) is 2. The molecule has 0 bridgehead atoms. The monoisotopic (exact) mass is 403 g/mol. The molecule has 2 atom stereocenters. The van der Waals surface area contributed by atoms with Crippen LogP contribution in [0.1, 0.15) is 24.8 Å². The second-order valence-corrected chi connectivity index (χ2v) is 6.67. The van der Waals surface area contributed by atoms with Gasteiger partial charge in [-0.25, -0.2) is 0 Å². The lowest BCUT2D eigenvalue weighted by molar-refractivity contribution is -0.128. The van der Waals surface area contributed by atoms with Gasteiger partial charge in [-0.2, -0.15) is 0 Å². The molecule has 1 fully saturated rings. The Labute approximate surface area is 151 Å². The summed E-state index contributed by atoms with van der Waals surface area (Å²) in [5.74, 6) is -0.0827. The van der Waals surface area contributed by atoms with Crippen LogP contribution in [0.25, 0.3) is 0 Å². The number of nitrogens with two attached hydrogens (primary N) is 1. The number of benzene rings is 1. The molecule has 1 aromatic rings. The van der Waals surface area contributed by atoms with Crippen LogP contribution >= 0.6 is 28.3 Å². The van der Waals surface area contributed by atoms with E-state index in [1.165, 1.54) is 0 Å². The highest BCUT2D eigenvalue weighted by molar-refractivity contribution is 9.10. The number of amides is 2. The van der Waals surface area contributed by atoms with Gasteiger partial charge in [-0.15, -0.1) is 12.4 Å². The zero-order chi connectivity index (χ0) is 16.1. The van der Waals surface area contributed by atoms with Crippen molar-refractivity contribution in [3.8, 4) is 0 Å². The summed E-state index contributed by atoms with van der Waals surface area (Å²) in [6.45, 7) is 2.44. The maximum absolute atomic E-state index is 12.1. The van der Waals surface area contributed by atoms with Gasteiger partial charge < -0.3 is 16.4 Å². The van der Waals surface area contributed by atoms with E-state index in [1.807, 2.05) is 25.1 Å². The second-order valence-electron chi connectivity index (χ2n) is 5.76. The predicted octanol–water partition coefficient (Wildman–Crippen LogP) is 2.61. The molecule has 1 aliphatic rings. The average molecular weight is 405 g/mol. The SMILES string of the molecule is Cc1cc(Br)ccc1NC(=O)CNC(=O)[C@@H]1CCC[C@@H]1CN.Cl. The van der Waals surface area contributed by atoms with E-state index < -0.39 is 0 Å². The summed E-state index contributed by atoms with van der Waals surface area (Å²) in [5, 5.41) is 5.53. The fourth-order valence-corrected chi connectivity index (χ4v) is 3.40. The van der Waals surface area contributed by atoms with E-state index in [9.17, 15) is 9.59 Å². The predicted molar refractivity (Wildman–Crippen MR) is 97.7 cm³/mol. The Hall–Kier alpha value is -1.11. The van der Waals surface area contributed by atoms with Crippen LogP contribution in [0.2, 0.25) is 0 Å². The Morgan fingerprint density at radius 1 is 1.35 bits per heavy atom. The van der Waals surface area contributed by atoms with E-state index in [0.717, 1.165) is 35.0 Å². The number of hydrogen-bond donors (Lipinski definition) is 3. The minimum Gasteiger partial charge on any atom is -0.347 e. The Kier molecular flexibility index (Phi) is 8.02. The first-order chi connectivity index (χ1) is 10.5. The Morgan fingerprint density at radius 2 is 2.09 bits per heavy atom. The highest BCUT2D eigenvalue weighted by Gasteiger charge is 2.31. The summed E-state index contributed by atoms with van der Waals surface area (Å²) >= 11 is 3.38. The number of anilines is 1. The molecule has 128 valence electrons. The van der Waals surface area contributed by atoms with Crippen LogP contribution < -0.4 is 16.4 Å². The molecule has 1 aliphatic carbocycles. The van der Waals surface area contributed by atoms with Crippen LogP contribution in [0.15, 0.2) is 22.7 Å². The number of hydrogen-bond acceptors (Lipinski definition) is 3. The summed E-state index contributed by atoms with van der Waals surface area (Å²) in [5.41, 5.74) is 7.40. The Morgan fingerprint density at radius 3 is 2.74 bits per heavy atom. The number of carbonyl (C=O) groups excluding carboxylic acids is 2. The van der Waals surface area contributed by atoms with Gasteiger partial charge in [0, 0.05) is 16.1 Å². The first-order valence-electron chi connectivity index (χ1n) is 7.55. The molecular formula is C16H23BrClN3O2. The van der Waals surface area contributed by atoms with Gasteiger partial charge in [0.05, 0.1) is 6.54 Å². The van der Waals surface area contributed by atoms with Crippen molar-refractivity contribution in [2.75, 3.05) is 18.4 Å². The topological polar surface area (TPSA) is 84.2 Å². The van der Waals surface area contributed by atoms with Crippen molar-refractivity contribution in [2.45, 2.75) is 26.2 Å². The quantitative estimate of drug-likeness (QED) is 0.705. The number of aryl methyl sites for hydroxylation is 1. The molecule has 0 unspecified atom stereocenters. The Bertz CT molecular complexity index is 568. The maximum Gasteiger partial charge on any atom is 0.243 e. The first kappa shape index (κ1) is 19.9. The van der Waals surface area contributed by atoms with Crippen molar-refractivity contribution in [3.05, 3.63) is 28.2 Å². The van der Waals surface area contributed by atoms with Crippen LogP contribution in [0.4, 0.5) is 5.69 Å². The van der Waals surface area contributed by atoms with Gasteiger partial charge in [0.2, 0.25) is 11.8 Å². The van der Waals surface area contributed by atoms with Crippen LogP contribution in [0.3, 0.4) is 0 Å². The Balaban J connectivity index is 0.00000264. The van der Waals surface area contributed by atoms with E-state index in [0.29, 0.717) is 6.54 Å². The molecule has 0 spiro atoms. The van der Waals surface area contributed by atoms with Crippen molar-refractivity contribution < 1.29 is 9.59 Å². The van der Waals surface area contributed by atoms with Crippen LogP contribution in [0.5, 0.6) is 0 Å². The number of rotatable bonds is 5. The van der Waals surface area contributed by atoms with Crippen molar-refractivity contribution in [1.82, 2.24) is 5.32 Å². The maximum atomic E-state index is 12.1. The molecule has 0 heterocycles. The summed E-state index contributed by atoms with van der Waals surface area (Å²) in [4.78, 5) is 24.1. The third-order valence-electron chi connectivity index (χ3n) is 4.18. The van der Waals surface area contributed by atoms with Crippen LogP contribution in [0, 0.1) is 18.8 Å². The minimum absolute atomic E-state index is 0. The summed E-state index contributed by atoms with van der Waals surface area (Å²) in [6, 6.07) is 5.63. The normalized spacial score (nSPS) is 19.8. The lowest BCUT2D eigenvalue weighted by atomic mass is 9.95. The standard InChI is InChI=1S/C16H22BrN3O2.ClH/c1-10-7-12(17)5-6-14(10)20-15(21)9-19-16(22)13-4-2-3-11(13)8-18;/h5-7,11,13H,2-4,8-9,18H2,1H3,(H,19,22)(H,20,21);1H/t11-,13-;/m1./s1. The van der Waals surface area contributed by atoms with E-state index >= 15 is 0 Å². The molecule has 23 heavy (non-hydrogen) atoms. The molecule has 2 rings (SSSR count). The molecule has 1 saturated carbocycles. The molecule has 0 radical (unpaired) electrons. The van der Waals surface area contributed by atoms with Gasteiger partial charge in [0.15, 0.2) is 0 Å². The highest BCUT2D eigenvalue weighted by atomic mass is 79.9. The molecule has 0 aliphatic heterocycles. The molecule has 0 saturated heterocycles. The largest absolute Gasteiger partial charge is 0.347 e. The fourth-order valence-electron chi connectivity index (χ4n) is 2.92. The summed E-state index contributed by atoms with van der Waals surface area (Å²) < 4.78 is 0.963. The van der Waals surface area contributed by atoms with Crippen LogP contribution in [-0.2, 0) is 9.59 Å². The average Bonchev–Trinajstić information content (AvgIpc) is 2.96. The smallest absolute Gasteiger partial charge is 0.243 e. The van der Waals surface area contributed by atoms with E-state index in [-0.39, 0.29) is 42.6 Å². The highest BCUT2D eigenvalue weighted by Crippen LogP contribution is 2.30. The van der Waals surface area contributed by atoms with Crippen LogP contribution in [-0.4, -0.2) is 24.9 Å². The van der Waals surface area contributed by atoms with Crippen molar-refractivity contribution >= 4 is 45.8 Å². The molecule has 7 heteroatoms. The van der Waals surface area contributed by atoms with Gasteiger partial charge >= 0.3 is 0 Å². The zero-order valence-corrected chi connectivity index (χ0v) is 15.5. The first-order valence-corrected chi connectivity index (χ1v) is 8.34. The van der Waals surface area contributed by atoms with Gasteiger partial charge in [-0.3, -0.25) is 9.59 Å². The molecule has 1 aromatic carbocycles. The van der Waals surface area contributed by atoms with Gasteiger partial charge in [-0.05, 0) is 56.0 Å². The number of halogens is 2. The summed E-state index contributed by atoms with van der Waals surface area (Å²) in [6.07, 6.45) is 2.89. The molecule has 4 N–H and O–H groups in total. The van der Waals surface area contributed by atoms with E-state index in [4.69, 9.17) is 5.73 Å². The van der Waals surface area contributed by atoms with Gasteiger partial charge in [0.25, 0.3) is 0 Å². The second kappa shape index (κ2) is 9.25. The third kappa shape index (κ3) is 5.48. The van der Waals surface area contributed by atoms with Crippen molar-refractivity contribution in [1.29, 1.82) is 0 Å². The van der Waals surface area contributed by atoms with Crippen molar-refractivity contribution in [3.63, 3.8) is 0 Å². The van der Waals surface area contributed by atoms with Gasteiger partial charge in [0.1, 0.15) is 0 Å². The molecule has 0 aromatic heterocycles.